The van der Waals surface area contributed by atoms with Gasteiger partial charge < -0.3 is 9.64 Å². The molecule has 0 unspecified atom stereocenters. The second-order valence-electron chi connectivity index (χ2n) is 6.13. The highest BCUT2D eigenvalue weighted by Gasteiger charge is 2.51. The van der Waals surface area contributed by atoms with Crippen molar-refractivity contribution in [3.8, 4) is 0 Å². The topological polar surface area (TPSA) is 42.4 Å². The van der Waals surface area contributed by atoms with Gasteiger partial charge in [-0.25, -0.2) is 0 Å². The van der Waals surface area contributed by atoms with E-state index >= 15 is 0 Å². The van der Waals surface area contributed by atoms with Crippen LogP contribution in [0.2, 0.25) is 0 Å². The van der Waals surface area contributed by atoms with Crippen molar-refractivity contribution in [1.82, 2.24) is 9.88 Å². The van der Waals surface area contributed by atoms with E-state index in [0.29, 0.717) is 6.61 Å². The molecule has 0 saturated carbocycles. The molecule has 0 N–H and O–H groups in total. The zero-order chi connectivity index (χ0) is 15.7. The molecule has 2 saturated heterocycles. The van der Waals surface area contributed by atoms with Gasteiger partial charge in [-0.05, 0) is 30.0 Å². The van der Waals surface area contributed by atoms with Crippen molar-refractivity contribution in [2.75, 3.05) is 18.8 Å². The Morgan fingerprint density at radius 1 is 1.39 bits per heavy atom. The Morgan fingerprint density at radius 2 is 2.30 bits per heavy atom. The van der Waals surface area contributed by atoms with E-state index in [-0.39, 0.29) is 16.8 Å². The summed E-state index contributed by atoms with van der Waals surface area (Å²) < 4.78 is 6.21. The summed E-state index contributed by atoms with van der Waals surface area (Å²) in [4.78, 5) is 18.5. The van der Waals surface area contributed by atoms with Gasteiger partial charge >= 0.3 is 0 Å². The molecule has 1 atom stereocenters. The molecule has 2 aromatic rings. The van der Waals surface area contributed by atoms with E-state index in [1.807, 2.05) is 51.7 Å². The number of hydrogen-bond acceptors (Lipinski definition) is 5. The number of ether oxygens (including phenoxy) is 1. The van der Waals surface area contributed by atoms with E-state index in [9.17, 15) is 4.79 Å². The van der Waals surface area contributed by atoms with E-state index in [0.717, 1.165) is 36.5 Å². The standard InChI is InChI=1S/C17H18N2O2S2/c20-16(13-4-6-22-9-13)19-11-17(12-19)7-15(10-23-17)21-8-14-3-1-2-5-18-14/h1-6,9,15H,7-8,10-12H2/t15-/m0/s1. The summed E-state index contributed by atoms with van der Waals surface area (Å²) in [6.07, 6.45) is 3.09. The first-order valence-corrected chi connectivity index (χ1v) is 9.64. The number of likely N-dealkylation sites (tertiary alicyclic amines) is 1. The summed E-state index contributed by atoms with van der Waals surface area (Å²) >= 11 is 3.53. The van der Waals surface area contributed by atoms with Crippen LogP contribution in [-0.4, -0.2) is 45.5 Å². The van der Waals surface area contributed by atoms with Gasteiger partial charge in [0.1, 0.15) is 0 Å². The molecule has 4 heterocycles. The first-order valence-electron chi connectivity index (χ1n) is 7.71. The van der Waals surface area contributed by atoms with E-state index < -0.39 is 0 Å². The number of nitrogens with zero attached hydrogens (tertiary/aromatic N) is 2. The average Bonchev–Trinajstić information content (AvgIpc) is 3.22. The van der Waals surface area contributed by atoms with Crippen LogP contribution in [-0.2, 0) is 11.3 Å². The van der Waals surface area contributed by atoms with E-state index in [2.05, 4.69) is 4.98 Å². The van der Waals surface area contributed by atoms with E-state index in [1.165, 1.54) is 0 Å². The Morgan fingerprint density at radius 3 is 3.04 bits per heavy atom. The predicted octanol–water partition coefficient (Wildman–Crippen LogP) is 3.06. The van der Waals surface area contributed by atoms with Crippen LogP contribution in [0.1, 0.15) is 22.5 Å². The number of rotatable bonds is 4. The molecule has 23 heavy (non-hydrogen) atoms. The van der Waals surface area contributed by atoms with Crippen molar-refractivity contribution in [3.63, 3.8) is 0 Å². The second kappa shape index (κ2) is 6.26. The van der Waals surface area contributed by atoms with E-state index in [1.54, 1.807) is 17.5 Å². The summed E-state index contributed by atoms with van der Waals surface area (Å²) in [6, 6.07) is 7.79. The van der Waals surface area contributed by atoms with Crippen molar-refractivity contribution in [2.24, 2.45) is 0 Å². The Bertz CT molecular complexity index is 669. The Labute approximate surface area is 143 Å². The van der Waals surface area contributed by atoms with Crippen LogP contribution < -0.4 is 0 Å². The smallest absolute Gasteiger partial charge is 0.254 e. The van der Waals surface area contributed by atoms with Gasteiger partial charge in [-0.15, -0.1) is 11.8 Å². The van der Waals surface area contributed by atoms with Crippen LogP contribution in [0.15, 0.2) is 41.2 Å². The van der Waals surface area contributed by atoms with Gasteiger partial charge in [-0.2, -0.15) is 11.3 Å². The summed E-state index contributed by atoms with van der Waals surface area (Å²) in [5, 5.41) is 3.88. The lowest BCUT2D eigenvalue weighted by atomic mass is 9.92. The number of pyridine rings is 1. The third-order valence-electron chi connectivity index (χ3n) is 4.38. The zero-order valence-electron chi connectivity index (χ0n) is 12.7. The summed E-state index contributed by atoms with van der Waals surface area (Å²) in [5.74, 6) is 1.17. The third-order valence-corrected chi connectivity index (χ3v) is 6.64. The van der Waals surface area contributed by atoms with E-state index in [4.69, 9.17) is 4.74 Å². The molecule has 0 aromatic carbocycles. The molecule has 2 aromatic heterocycles. The molecule has 0 bridgehead atoms. The highest BCUT2D eigenvalue weighted by atomic mass is 32.2. The largest absolute Gasteiger partial charge is 0.371 e. The fourth-order valence-corrected chi connectivity index (χ4v) is 5.36. The highest BCUT2D eigenvalue weighted by molar-refractivity contribution is 8.01. The maximum Gasteiger partial charge on any atom is 0.254 e. The lowest BCUT2D eigenvalue weighted by Crippen LogP contribution is -2.60. The molecule has 120 valence electrons. The lowest BCUT2D eigenvalue weighted by Gasteiger charge is -2.47. The molecule has 1 amide bonds. The fraction of sp³-hybridized carbons (Fsp3) is 0.412. The van der Waals surface area contributed by atoms with Crippen LogP contribution in [0.3, 0.4) is 0 Å². The monoisotopic (exact) mass is 346 g/mol. The average molecular weight is 346 g/mol. The number of thiophene rings is 1. The van der Waals surface area contributed by atoms with Gasteiger partial charge in [-0.1, -0.05) is 6.07 Å². The Balaban J connectivity index is 1.27. The first-order chi connectivity index (χ1) is 11.2. The van der Waals surface area contributed by atoms with Crippen LogP contribution in [0.25, 0.3) is 0 Å². The Hall–Kier alpha value is -1.37. The zero-order valence-corrected chi connectivity index (χ0v) is 14.3. The quantitative estimate of drug-likeness (QED) is 0.853. The van der Waals surface area contributed by atoms with Gasteiger partial charge in [0.2, 0.25) is 0 Å². The number of aromatic nitrogens is 1. The molecule has 4 rings (SSSR count). The van der Waals surface area contributed by atoms with Gasteiger partial charge in [0.15, 0.2) is 0 Å². The van der Waals surface area contributed by atoms with Crippen LogP contribution in [0.4, 0.5) is 0 Å². The van der Waals surface area contributed by atoms with Gasteiger partial charge in [-0.3, -0.25) is 9.78 Å². The molecule has 2 aliphatic rings. The van der Waals surface area contributed by atoms with Crippen molar-refractivity contribution in [2.45, 2.75) is 23.9 Å². The second-order valence-corrected chi connectivity index (χ2v) is 8.39. The number of thioether (sulfide) groups is 1. The van der Waals surface area contributed by atoms with Crippen molar-refractivity contribution in [1.29, 1.82) is 0 Å². The van der Waals surface area contributed by atoms with Crippen molar-refractivity contribution < 1.29 is 9.53 Å². The molecular weight excluding hydrogens is 328 g/mol. The summed E-state index contributed by atoms with van der Waals surface area (Å²) in [6.45, 7) is 2.26. The number of carbonyl (C=O) groups excluding carboxylic acids is 1. The molecule has 2 aliphatic heterocycles. The Kier molecular flexibility index (Phi) is 4.13. The number of amides is 1. The summed E-state index contributed by atoms with van der Waals surface area (Å²) in [5.41, 5.74) is 1.79. The molecule has 6 heteroatoms. The molecule has 4 nitrogen and oxygen atoms in total. The highest BCUT2D eigenvalue weighted by Crippen LogP contribution is 2.46. The van der Waals surface area contributed by atoms with Gasteiger partial charge in [0.05, 0.1) is 28.7 Å². The minimum Gasteiger partial charge on any atom is -0.371 e. The van der Waals surface area contributed by atoms with Crippen LogP contribution in [0.5, 0.6) is 0 Å². The molecule has 1 spiro atoms. The minimum atomic E-state index is 0.162. The van der Waals surface area contributed by atoms with Crippen molar-refractivity contribution >= 4 is 29.0 Å². The molecule has 0 radical (unpaired) electrons. The molecule has 0 aliphatic carbocycles. The predicted molar refractivity (Wildman–Crippen MR) is 92.8 cm³/mol. The maximum absolute atomic E-state index is 12.3. The lowest BCUT2D eigenvalue weighted by molar-refractivity contribution is 0.0245. The number of hydrogen-bond donors (Lipinski definition) is 0. The van der Waals surface area contributed by atoms with Crippen molar-refractivity contribution in [3.05, 3.63) is 52.5 Å². The summed E-state index contributed by atoms with van der Waals surface area (Å²) in [7, 11) is 0. The van der Waals surface area contributed by atoms with Gasteiger partial charge in [0, 0.05) is 30.4 Å². The number of carbonyl (C=O) groups is 1. The molecular formula is C17H18N2O2S2. The SMILES string of the molecule is O=C(c1ccsc1)N1CC2(C[C@H](OCc3ccccn3)CS2)C1. The fourth-order valence-electron chi connectivity index (χ4n) is 3.18. The van der Waals surface area contributed by atoms with Gasteiger partial charge in [0.25, 0.3) is 5.91 Å². The van der Waals surface area contributed by atoms with Crippen LogP contribution >= 0.6 is 23.1 Å². The normalized spacial score (nSPS) is 22.3. The first kappa shape index (κ1) is 15.2. The molecule has 2 fully saturated rings. The van der Waals surface area contributed by atoms with Crippen LogP contribution in [0, 0.1) is 0 Å². The minimum absolute atomic E-state index is 0.162. The third kappa shape index (κ3) is 3.16. The maximum atomic E-state index is 12.3.